The molecule has 0 aliphatic carbocycles. The van der Waals surface area contributed by atoms with Crippen LogP contribution in [0.15, 0.2) is 79.1 Å². The highest BCUT2D eigenvalue weighted by Gasteiger charge is 2.21. The van der Waals surface area contributed by atoms with E-state index < -0.39 is 6.04 Å². The number of aryl methyl sites for hydroxylation is 1. The summed E-state index contributed by atoms with van der Waals surface area (Å²) in [4.78, 5) is 17.1. The van der Waals surface area contributed by atoms with E-state index in [-0.39, 0.29) is 18.1 Å². The van der Waals surface area contributed by atoms with Gasteiger partial charge in [-0.2, -0.15) is 0 Å². The molecule has 0 radical (unpaired) electrons. The van der Waals surface area contributed by atoms with Crippen LogP contribution in [-0.2, 0) is 18.3 Å². The smallest absolute Gasteiger partial charge is 0.225 e. The van der Waals surface area contributed by atoms with Crippen molar-refractivity contribution in [1.82, 2.24) is 14.9 Å². The topological polar surface area (TPSA) is 46.9 Å². The fraction of sp³-hybridized carbons (Fsp3) is 0.130. The van der Waals surface area contributed by atoms with E-state index in [2.05, 4.69) is 10.3 Å². The quantitative estimate of drug-likeness (QED) is 0.571. The predicted molar refractivity (Wildman–Crippen MR) is 107 cm³/mol. The van der Waals surface area contributed by atoms with Crippen LogP contribution in [0.2, 0.25) is 0 Å². The first-order valence-corrected chi connectivity index (χ1v) is 9.10. The fourth-order valence-corrected chi connectivity index (χ4v) is 3.38. The number of nitrogens with zero attached hydrogens (tertiary/aromatic N) is 2. The summed E-state index contributed by atoms with van der Waals surface area (Å²) >= 11 is 0. The van der Waals surface area contributed by atoms with E-state index >= 15 is 0 Å². The maximum Gasteiger partial charge on any atom is 0.225 e. The number of amides is 1. The fourth-order valence-electron chi connectivity index (χ4n) is 3.38. The summed E-state index contributed by atoms with van der Waals surface area (Å²) in [7, 11) is 1.85. The lowest BCUT2D eigenvalue weighted by molar-refractivity contribution is -0.121. The Bertz CT molecular complexity index is 1140. The van der Waals surface area contributed by atoms with E-state index in [0.29, 0.717) is 11.4 Å². The molecule has 140 valence electrons. The summed E-state index contributed by atoms with van der Waals surface area (Å²) in [6, 6.07) is 19.7. The molecule has 28 heavy (non-hydrogen) atoms. The highest BCUT2D eigenvalue weighted by atomic mass is 19.1. The van der Waals surface area contributed by atoms with Gasteiger partial charge in [-0.05, 0) is 34.0 Å². The second kappa shape index (κ2) is 7.64. The first-order chi connectivity index (χ1) is 13.6. The molecule has 0 aliphatic heterocycles. The molecule has 1 atom stereocenters. The Kier molecular flexibility index (Phi) is 4.89. The SMILES string of the molecule is Cn1ccnc1C(NC(=O)Cc1ccc2ccccc2c1)c1cccc(F)c1. The number of hydrogen-bond acceptors (Lipinski definition) is 2. The van der Waals surface area contributed by atoms with Crippen LogP contribution in [0.3, 0.4) is 0 Å². The van der Waals surface area contributed by atoms with Crippen molar-refractivity contribution in [3.05, 3.63) is 102 Å². The molecule has 4 rings (SSSR count). The molecule has 0 bridgehead atoms. The van der Waals surface area contributed by atoms with Crippen LogP contribution in [0.25, 0.3) is 10.8 Å². The van der Waals surface area contributed by atoms with E-state index in [1.54, 1.807) is 24.5 Å². The lowest BCUT2D eigenvalue weighted by atomic mass is 10.0. The minimum absolute atomic E-state index is 0.146. The van der Waals surface area contributed by atoms with Gasteiger partial charge in [-0.25, -0.2) is 9.37 Å². The average Bonchev–Trinajstić information content (AvgIpc) is 3.11. The number of fused-ring (bicyclic) bond motifs is 1. The van der Waals surface area contributed by atoms with E-state index in [1.807, 2.05) is 54.1 Å². The van der Waals surface area contributed by atoms with Gasteiger partial charge in [0.1, 0.15) is 17.7 Å². The second-order valence-corrected chi connectivity index (χ2v) is 6.81. The Labute approximate surface area is 162 Å². The number of aromatic nitrogens is 2. The van der Waals surface area contributed by atoms with Gasteiger partial charge in [-0.3, -0.25) is 4.79 Å². The van der Waals surface area contributed by atoms with Crippen molar-refractivity contribution in [2.75, 3.05) is 0 Å². The molecule has 1 aromatic heterocycles. The summed E-state index contributed by atoms with van der Waals surface area (Å²) < 4.78 is 15.6. The second-order valence-electron chi connectivity index (χ2n) is 6.81. The minimum Gasteiger partial charge on any atom is -0.342 e. The number of hydrogen-bond donors (Lipinski definition) is 1. The summed E-state index contributed by atoms with van der Waals surface area (Å²) in [6.07, 6.45) is 3.70. The Morgan fingerprint density at radius 2 is 1.89 bits per heavy atom. The zero-order chi connectivity index (χ0) is 19.5. The number of rotatable bonds is 5. The zero-order valence-corrected chi connectivity index (χ0v) is 15.5. The summed E-state index contributed by atoms with van der Waals surface area (Å²) in [5.41, 5.74) is 1.58. The number of nitrogens with one attached hydrogen (secondary N) is 1. The molecule has 1 N–H and O–H groups in total. The summed E-state index contributed by atoms with van der Waals surface area (Å²) in [5.74, 6) is 0.158. The van der Waals surface area contributed by atoms with Gasteiger partial charge in [0.05, 0.1) is 6.42 Å². The van der Waals surface area contributed by atoms with Gasteiger partial charge in [0.15, 0.2) is 0 Å². The monoisotopic (exact) mass is 373 g/mol. The van der Waals surface area contributed by atoms with Crippen molar-refractivity contribution in [3.8, 4) is 0 Å². The van der Waals surface area contributed by atoms with E-state index in [4.69, 9.17) is 0 Å². The molecule has 0 saturated carbocycles. The molecule has 0 aliphatic rings. The standard InChI is InChI=1S/C23H20FN3O/c1-27-12-11-25-23(27)22(19-7-4-8-20(24)15-19)26-21(28)14-16-9-10-17-5-2-3-6-18(17)13-16/h2-13,15,22H,14H2,1H3,(H,26,28). The maximum atomic E-state index is 13.8. The maximum absolute atomic E-state index is 13.8. The van der Waals surface area contributed by atoms with Crippen molar-refractivity contribution in [2.24, 2.45) is 7.05 Å². The van der Waals surface area contributed by atoms with Crippen LogP contribution in [0, 0.1) is 5.82 Å². The molecule has 0 fully saturated rings. The number of imidazole rings is 1. The van der Waals surface area contributed by atoms with Crippen molar-refractivity contribution >= 4 is 16.7 Å². The van der Waals surface area contributed by atoms with Crippen molar-refractivity contribution < 1.29 is 9.18 Å². The average molecular weight is 373 g/mol. The van der Waals surface area contributed by atoms with Gasteiger partial charge in [-0.1, -0.05) is 54.6 Å². The van der Waals surface area contributed by atoms with Crippen LogP contribution in [-0.4, -0.2) is 15.5 Å². The van der Waals surface area contributed by atoms with Crippen LogP contribution < -0.4 is 5.32 Å². The number of carbonyl (C=O) groups excluding carboxylic acids is 1. The highest BCUT2D eigenvalue weighted by molar-refractivity contribution is 5.85. The van der Waals surface area contributed by atoms with Crippen molar-refractivity contribution in [2.45, 2.75) is 12.5 Å². The van der Waals surface area contributed by atoms with Gasteiger partial charge in [-0.15, -0.1) is 0 Å². The first kappa shape index (κ1) is 17.9. The number of halogens is 1. The third-order valence-electron chi connectivity index (χ3n) is 4.78. The zero-order valence-electron chi connectivity index (χ0n) is 15.5. The Hall–Kier alpha value is -3.47. The van der Waals surface area contributed by atoms with Crippen LogP contribution in [0.1, 0.15) is 23.0 Å². The van der Waals surface area contributed by atoms with Crippen LogP contribution >= 0.6 is 0 Å². The van der Waals surface area contributed by atoms with Crippen LogP contribution in [0.5, 0.6) is 0 Å². The summed E-state index contributed by atoms with van der Waals surface area (Å²) in [6.45, 7) is 0. The third kappa shape index (κ3) is 3.78. The highest BCUT2D eigenvalue weighted by Crippen LogP contribution is 2.22. The molecular weight excluding hydrogens is 353 g/mol. The number of benzene rings is 3. The lowest BCUT2D eigenvalue weighted by Gasteiger charge is -2.19. The lowest BCUT2D eigenvalue weighted by Crippen LogP contribution is -2.32. The Morgan fingerprint density at radius 3 is 2.64 bits per heavy atom. The molecule has 4 aromatic rings. The molecular formula is C23H20FN3O. The molecule has 1 unspecified atom stereocenters. The van der Waals surface area contributed by atoms with E-state index in [9.17, 15) is 9.18 Å². The van der Waals surface area contributed by atoms with Crippen molar-refractivity contribution in [1.29, 1.82) is 0 Å². The molecule has 5 heteroatoms. The van der Waals surface area contributed by atoms with Crippen LogP contribution in [0.4, 0.5) is 4.39 Å². The number of carbonyl (C=O) groups is 1. The third-order valence-corrected chi connectivity index (χ3v) is 4.78. The van der Waals surface area contributed by atoms with E-state index in [0.717, 1.165) is 16.3 Å². The minimum atomic E-state index is -0.524. The van der Waals surface area contributed by atoms with E-state index in [1.165, 1.54) is 12.1 Å². The van der Waals surface area contributed by atoms with Gasteiger partial charge in [0.2, 0.25) is 5.91 Å². The summed E-state index contributed by atoms with van der Waals surface area (Å²) in [5, 5.41) is 5.24. The first-order valence-electron chi connectivity index (χ1n) is 9.10. The molecule has 1 heterocycles. The Morgan fingerprint density at radius 1 is 1.07 bits per heavy atom. The molecule has 1 amide bonds. The van der Waals surface area contributed by atoms with Crippen molar-refractivity contribution in [3.63, 3.8) is 0 Å². The largest absolute Gasteiger partial charge is 0.342 e. The van der Waals surface area contributed by atoms with Gasteiger partial charge < -0.3 is 9.88 Å². The Balaban J connectivity index is 1.59. The van der Waals surface area contributed by atoms with Gasteiger partial charge in [0, 0.05) is 19.4 Å². The molecule has 3 aromatic carbocycles. The molecule has 0 spiro atoms. The normalized spacial score (nSPS) is 12.1. The molecule has 0 saturated heterocycles. The van der Waals surface area contributed by atoms with Gasteiger partial charge >= 0.3 is 0 Å². The molecule has 4 nitrogen and oxygen atoms in total. The predicted octanol–water partition coefficient (Wildman–Crippen LogP) is 4.16. The van der Waals surface area contributed by atoms with Gasteiger partial charge in [0.25, 0.3) is 0 Å².